The molecule has 2 rings (SSSR count). The first kappa shape index (κ1) is 11.7. The van der Waals surface area contributed by atoms with Gasteiger partial charge in [-0.2, -0.15) is 0 Å². The number of nitrogens with one attached hydrogen (secondary N) is 1. The molecule has 1 aromatic rings. The van der Waals surface area contributed by atoms with Gasteiger partial charge in [0.1, 0.15) is 5.75 Å². The maximum Gasteiger partial charge on any atom is 0.290 e. The van der Waals surface area contributed by atoms with Crippen LogP contribution >= 0.6 is 11.8 Å². The molecule has 0 aliphatic carbocycles. The highest BCUT2D eigenvalue weighted by Gasteiger charge is 2.25. The summed E-state index contributed by atoms with van der Waals surface area (Å²) < 4.78 is 5.44. The van der Waals surface area contributed by atoms with Crippen molar-refractivity contribution >= 4 is 29.0 Å². The number of thioether (sulfide) groups is 1. The Morgan fingerprint density at radius 1 is 1.35 bits per heavy atom. The van der Waals surface area contributed by atoms with Gasteiger partial charge in [0.25, 0.3) is 11.1 Å². The van der Waals surface area contributed by atoms with Crippen molar-refractivity contribution in [3.63, 3.8) is 0 Å². The van der Waals surface area contributed by atoms with E-state index in [9.17, 15) is 9.59 Å². The van der Waals surface area contributed by atoms with Crippen LogP contribution in [0, 0.1) is 0 Å². The van der Waals surface area contributed by atoms with Crippen molar-refractivity contribution in [2.75, 3.05) is 6.61 Å². The number of hydrogen-bond donors (Lipinski definition) is 1. The van der Waals surface area contributed by atoms with Gasteiger partial charge in [-0.15, -0.1) is 0 Å². The Morgan fingerprint density at radius 3 is 2.76 bits per heavy atom. The second-order valence-electron chi connectivity index (χ2n) is 3.32. The lowest BCUT2D eigenvalue weighted by Crippen LogP contribution is -2.17. The van der Waals surface area contributed by atoms with Crippen molar-refractivity contribution in [2.45, 2.75) is 6.92 Å². The van der Waals surface area contributed by atoms with E-state index in [1.54, 1.807) is 6.08 Å². The Labute approximate surface area is 103 Å². The highest BCUT2D eigenvalue weighted by atomic mass is 32.2. The van der Waals surface area contributed by atoms with E-state index in [4.69, 9.17) is 4.74 Å². The Balaban J connectivity index is 2.32. The van der Waals surface area contributed by atoms with Gasteiger partial charge in [-0.25, -0.2) is 0 Å². The van der Waals surface area contributed by atoms with Gasteiger partial charge >= 0.3 is 0 Å². The number of para-hydroxylation sites is 1. The van der Waals surface area contributed by atoms with Gasteiger partial charge in [-0.05, 0) is 30.8 Å². The van der Waals surface area contributed by atoms with E-state index in [1.807, 2.05) is 31.2 Å². The average molecular weight is 249 g/mol. The SMILES string of the molecule is CCOc1ccccc1/C=C1/SC(=O)NC1=O. The molecule has 4 nitrogen and oxygen atoms in total. The molecule has 1 fully saturated rings. The summed E-state index contributed by atoms with van der Waals surface area (Å²) in [6.07, 6.45) is 1.66. The topological polar surface area (TPSA) is 55.4 Å². The van der Waals surface area contributed by atoms with Crippen LogP contribution in [0.5, 0.6) is 5.75 Å². The van der Waals surface area contributed by atoms with Crippen molar-refractivity contribution in [1.82, 2.24) is 5.32 Å². The molecule has 5 heteroatoms. The minimum atomic E-state index is -0.355. The van der Waals surface area contributed by atoms with E-state index in [1.165, 1.54) is 0 Å². The van der Waals surface area contributed by atoms with E-state index in [-0.39, 0.29) is 11.1 Å². The van der Waals surface area contributed by atoms with Gasteiger partial charge in [0.2, 0.25) is 0 Å². The Bertz CT molecular complexity index is 496. The summed E-state index contributed by atoms with van der Waals surface area (Å²) in [5.41, 5.74) is 0.793. The van der Waals surface area contributed by atoms with Crippen molar-refractivity contribution in [2.24, 2.45) is 0 Å². The molecule has 88 valence electrons. The van der Waals surface area contributed by atoms with Crippen LogP contribution in [0.1, 0.15) is 12.5 Å². The lowest BCUT2D eigenvalue weighted by Gasteiger charge is -2.06. The van der Waals surface area contributed by atoms with E-state index in [2.05, 4.69) is 5.32 Å². The first-order chi connectivity index (χ1) is 8.20. The molecule has 17 heavy (non-hydrogen) atoms. The largest absolute Gasteiger partial charge is 0.493 e. The third kappa shape index (κ3) is 2.68. The summed E-state index contributed by atoms with van der Waals surface area (Å²) >= 11 is 0.901. The van der Waals surface area contributed by atoms with Crippen LogP contribution in [0.4, 0.5) is 4.79 Å². The van der Waals surface area contributed by atoms with E-state index in [0.29, 0.717) is 17.3 Å². The molecule has 0 aromatic heterocycles. The third-order valence-corrected chi connectivity index (χ3v) is 2.96. The fraction of sp³-hybridized carbons (Fsp3) is 0.167. The van der Waals surface area contributed by atoms with Gasteiger partial charge in [0.05, 0.1) is 11.5 Å². The van der Waals surface area contributed by atoms with Crippen LogP contribution in [0.15, 0.2) is 29.2 Å². The summed E-state index contributed by atoms with van der Waals surface area (Å²) in [4.78, 5) is 22.8. The highest BCUT2D eigenvalue weighted by molar-refractivity contribution is 8.18. The second-order valence-corrected chi connectivity index (χ2v) is 4.34. The van der Waals surface area contributed by atoms with Crippen molar-refractivity contribution in [3.8, 4) is 5.75 Å². The normalized spacial score (nSPS) is 17.4. The first-order valence-corrected chi connectivity index (χ1v) is 5.99. The number of hydrogen-bond acceptors (Lipinski definition) is 4. The molecule has 1 aliphatic heterocycles. The Hall–Kier alpha value is -1.75. The van der Waals surface area contributed by atoms with Crippen LogP contribution in [0.3, 0.4) is 0 Å². The number of ether oxygens (including phenoxy) is 1. The fourth-order valence-corrected chi connectivity index (χ4v) is 2.12. The predicted octanol–water partition coefficient (Wildman–Crippen LogP) is 2.41. The third-order valence-electron chi connectivity index (χ3n) is 2.15. The molecule has 1 aliphatic rings. The number of carbonyl (C=O) groups excluding carboxylic acids is 2. The summed E-state index contributed by atoms with van der Waals surface area (Å²) in [6, 6.07) is 7.39. The lowest BCUT2D eigenvalue weighted by atomic mass is 10.2. The van der Waals surface area contributed by atoms with E-state index in [0.717, 1.165) is 17.3 Å². The molecule has 1 heterocycles. The van der Waals surface area contributed by atoms with Crippen molar-refractivity contribution < 1.29 is 14.3 Å². The van der Waals surface area contributed by atoms with Crippen molar-refractivity contribution in [1.29, 1.82) is 0 Å². The molecule has 0 unspecified atom stereocenters. The minimum Gasteiger partial charge on any atom is -0.493 e. The van der Waals surface area contributed by atoms with Crippen LogP contribution in [0.25, 0.3) is 6.08 Å². The fourth-order valence-electron chi connectivity index (χ4n) is 1.45. The molecular weight excluding hydrogens is 238 g/mol. The van der Waals surface area contributed by atoms with Crippen molar-refractivity contribution in [3.05, 3.63) is 34.7 Å². The van der Waals surface area contributed by atoms with Gasteiger partial charge < -0.3 is 4.74 Å². The van der Waals surface area contributed by atoms with Gasteiger partial charge in [-0.1, -0.05) is 18.2 Å². The zero-order valence-corrected chi connectivity index (χ0v) is 10.0. The Morgan fingerprint density at radius 2 is 2.12 bits per heavy atom. The summed E-state index contributed by atoms with van der Waals surface area (Å²) in [5.74, 6) is 0.349. The number of imide groups is 1. The van der Waals surface area contributed by atoms with E-state index < -0.39 is 0 Å². The number of amides is 2. The highest BCUT2D eigenvalue weighted by Crippen LogP contribution is 2.28. The first-order valence-electron chi connectivity index (χ1n) is 5.17. The molecule has 1 N–H and O–H groups in total. The summed E-state index contributed by atoms with van der Waals surface area (Å²) in [6.45, 7) is 2.45. The van der Waals surface area contributed by atoms with E-state index >= 15 is 0 Å². The quantitative estimate of drug-likeness (QED) is 0.836. The number of benzene rings is 1. The van der Waals surface area contributed by atoms with Gasteiger partial charge in [-0.3, -0.25) is 14.9 Å². The molecule has 0 atom stereocenters. The second kappa shape index (κ2) is 5.05. The molecule has 1 aromatic carbocycles. The summed E-state index contributed by atoms with van der Waals surface area (Å²) in [7, 11) is 0. The summed E-state index contributed by atoms with van der Waals surface area (Å²) in [5, 5.41) is 1.88. The monoisotopic (exact) mass is 249 g/mol. The molecule has 0 bridgehead atoms. The standard InChI is InChI=1S/C12H11NO3S/c1-2-16-9-6-4-3-5-8(9)7-10-11(14)13-12(15)17-10/h3-7H,2H2,1H3,(H,13,14,15)/b10-7+. The minimum absolute atomic E-state index is 0.338. The maximum absolute atomic E-state index is 11.4. The van der Waals surface area contributed by atoms with Crippen LogP contribution in [0.2, 0.25) is 0 Å². The maximum atomic E-state index is 11.4. The zero-order valence-electron chi connectivity index (χ0n) is 9.23. The number of carbonyl (C=O) groups is 2. The smallest absolute Gasteiger partial charge is 0.290 e. The Kier molecular flexibility index (Phi) is 3.49. The average Bonchev–Trinajstić information content (AvgIpc) is 2.61. The lowest BCUT2D eigenvalue weighted by molar-refractivity contribution is -0.115. The molecular formula is C12H11NO3S. The predicted molar refractivity (Wildman–Crippen MR) is 66.7 cm³/mol. The molecule has 0 saturated carbocycles. The zero-order chi connectivity index (χ0) is 12.3. The van der Waals surface area contributed by atoms with Gasteiger partial charge in [0, 0.05) is 5.56 Å². The van der Waals surface area contributed by atoms with Gasteiger partial charge in [0.15, 0.2) is 0 Å². The van der Waals surface area contributed by atoms with Crippen LogP contribution in [-0.2, 0) is 4.79 Å². The molecule has 0 spiro atoms. The molecule has 1 saturated heterocycles. The molecule has 0 radical (unpaired) electrons. The van der Waals surface area contributed by atoms with Crippen LogP contribution < -0.4 is 10.1 Å². The number of rotatable bonds is 3. The molecule has 2 amide bonds. The van der Waals surface area contributed by atoms with Crippen LogP contribution in [-0.4, -0.2) is 17.8 Å².